The number of unbranched alkanes of at least 4 members (excludes halogenated alkanes) is 3. The third-order valence-electron chi connectivity index (χ3n) is 16.1. The summed E-state index contributed by atoms with van der Waals surface area (Å²) in [4.78, 5) is 131. The number of nitriles is 1. The number of likely N-dealkylation sites (tertiary alicyclic amines) is 1. The Morgan fingerprint density at radius 2 is 1.25 bits per heavy atom. The molecule has 0 saturated carbocycles. The maximum Gasteiger partial charge on any atom is 0.317 e. The highest BCUT2D eigenvalue weighted by Gasteiger charge is 2.47. The number of pyridine rings is 1. The lowest BCUT2D eigenvalue weighted by Gasteiger charge is -2.34. The Morgan fingerprint density at radius 3 is 1.87 bits per heavy atom. The first kappa shape index (κ1) is 72.8. The number of nitrogens with zero attached hydrogens (tertiary/aromatic N) is 9. The average Bonchev–Trinajstić information content (AvgIpc) is 1.84. The van der Waals surface area contributed by atoms with E-state index in [1.165, 1.54) is 12.3 Å². The fraction of sp³-hybridized carbons (Fsp3) is 0.597. The number of carboxylic acid groups (broad SMARTS) is 3. The van der Waals surface area contributed by atoms with E-state index in [4.69, 9.17) is 4.74 Å². The molecule has 1 aromatic heterocycles. The van der Waals surface area contributed by atoms with Crippen LogP contribution in [0.3, 0.4) is 0 Å². The monoisotopic (exact) mass is 1390 g/mol. The third kappa shape index (κ3) is 26.5. The molecule has 2 aromatic carbocycles. The normalized spacial score (nSPS) is 17.6. The van der Waals surface area contributed by atoms with Crippen LogP contribution in [0.5, 0.6) is 5.75 Å². The number of amides is 6. The van der Waals surface area contributed by atoms with Crippen LogP contribution in [-0.4, -0.2) is 270 Å². The molecule has 3 aliphatic heterocycles. The number of hydrogen-bond acceptors (Lipinski definition) is 17. The summed E-state index contributed by atoms with van der Waals surface area (Å²) in [6.07, 6.45) is 6.72. The summed E-state index contributed by atoms with van der Waals surface area (Å²) in [6, 6.07) is 14.3. The molecule has 7 N–H and O–H groups in total. The van der Waals surface area contributed by atoms with Gasteiger partial charge in [0, 0.05) is 133 Å². The zero-order chi connectivity index (χ0) is 65.7. The van der Waals surface area contributed by atoms with Gasteiger partial charge in [0.05, 0.1) is 63.0 Å². The van der Waals surface area contributed by atoms with Gasteiger partial charge >= 0.3 is 17.9 Å². The topological polar surface area (TPSA) is 331 Å². The number of ether oxygens (including phenoxy) is 1. The molecule has 3 fully saturated rings. The summed E-state index contributed by atoms with van der Waals surface area (Å²) in [7, 11) is 0. The van der Waals surface area contributed by atoms with Gasteiger partial charge in [0.2, 0.25) is 29.5 Å². The Morgan fingerprint density at radius 1 is 0.659 bits per heavy atom. The number of alkyl halides is 2. The van der Waals surface area contributed by atoms with Crippen LogP contribution in [0.4, 0.5) is 8.78 Å². The molecule has 29 heteroatoms. The molecule has 3 saturated heterocycles. The first-order valence-electron chi connectivity index (χ1n) is 31.1. The lowest BCUT2D eigenvalue weighted by atomic mass is 10.1. The molecule has 0 bridgehead atoms. The molecule has 4 heterocycles. The van der Waals surface area contributed by atoms with E-state index < -0.39 is 73.1 Å². The number of halogens is 3. The Balaban J connectivity index is 0.920. The van der Waals surface area contributed by atoms with E-state index in [0.717, 1.165) is 27.0 Å². The van der Waals surface area contributed by atoms with Gasteiger partial charge in [-0.25, -0.2) is 8.78 Å². The zero-order valence-corrected chi connectivity index (χ0v) is 53.6. The molecule has 2 atom stereocenters. The molecular formula is C62H86F2IN13O13. The molecule has 6 rings (SSSR count). The van der Waals surface area contributed by atoms with Gasteiger partial charge in [-0.3, -0.25) is 72.6 Å². The summed E-state index contributed by atoms with van der Waals surface area (Å²) >= 11 is 2.25. The van der Waals surface area contributed by atoms with Gasteiger partial charge in [0.1, 0.15) is 17.8 Å². The largest absolute Gasteiger partial charge is 0.494 e. The highest BCUT2D eigenvalue weighted by Crippen LogP contribution is 2.32. The summed E-state index contributed by atoms with van der Waals surface area (Å²) in [5.74, 6) is -8.18. The lowest BCUT2D eigenvalue weighted by Crippen LogP contribution is -2.52. The minimum absolute atomic E-state index is 0.0474. The first-order valence-corrected chi connectivity index (χ1v) is 32.2. The van der Waals surface area contributed by atoms with Crippen molar-refractivity contribution in [2.45, 2.75) is 95.1 Å². The van der Waals surface area contributed by atoms with E-state index in [9.17, 15) is 72.5 Å². The summed E-state index contributed by atoms with van der Waals surface area (Å²) in [5.41, 5.74) is 1.87. The smallest absolute Gasteiger partial charge is 0.317 e. The fourth-order valence-corrected chi connectivity index (χ4v) is 11.5. The molecular weight excluding hydrogens is 1300 g/mol. The van der Waals surface area contributed by atoms with E-state index in [1.807, 2.05) is 29.2 Å². The van der Waals surface area contributed by atoms with Gasteiger partial charge in [-0.05, 0) is 116 Å². The van der Waals surface area contributed by atoms with Crippen molar-refractivity contribution in [1.82, 2.24) is 60.6 Å². The van der Waals surface area contributed by atoms with Gasteiger partial charge in [-0.2, -0.15) is 5.26 Å². The molecule has 1 unspecified atom stereocenters. The molecule has 498 valence electrons. The summed E-state index contributed by atoms with van der Waals surface area (Å²) < 4.78 is 35.0. The predicted molar refractivity (Wildman–Crippen MR) is 339 cm³/mol. The highest BCUT2D eigenvalue weighted by atomic mass is 127. The van der Waals surface area contributed by atoms with E-state index in [1.54, 1.807) is 43.9 Å². The minimum atomic E-state index is -3.18. The van der Waals surface area contributed by atoms with Gasteiger partial charge in [0.25, 0.3) is 11.8 Å². The van der Waals surface area contributed by atoms with Gasteiger partial charge in [-0.15, -0.1) is 0 Å². The molecule has 0 radical (unpaired) electrons. The number of nitrogens with one attached hydrogen (secondary N) is 4. The number of carbonyl (C=O) groups excluding carboxylic acids is 6. The SMILES string of the molecule is N#C[C@H]1CC(F)(F)CN1C(=O)CNC(=O)c1ccnc2ccc(OCCCN3CCN(C(=O)CCCCCNC(=O)C(CCCCNC(=O)CCCc4ccc(I)cc4)NC(=O)CN4CCN(CC(=O)O)CCN(CC(=O)O)CCN(CC(=O)O)CC4)CC3)cc12. The Kier molecular flexibility index (Phi) is 30.4. The van der Waals surface area contributed by atoms with E-state index in [2.05, 4.69) is 53.7 Å². The van der Waals surface area contributed by atoms with Crippen LogP contribution in [0.1, 0.15) is 86.6 Å². The first-order chi connectivity index (χ1) is 43.6. The van der Waals surface area contributed by atoms with Gasteiger partial charge in [0.15, 0.2) is 0 Å². The van der Waals surface area contributed by atoms with Crippen molar-refractivity contribution in [2.24, 2.45) is 0 Å². The fourth-order valence-electron chi connectivity index (χ4n) is 11.1. The van der Waals surface area contributed by atoms with Crippen LogP contribution in [0, 0.1) is 14.9 Å². The van der Waals surface area contributed by atoms with Crippen molar-refractivity contribution < 1.29 is 72.0 Å². The number of aliphatic carboxylic acids is 3. The van der Waals surface area contributed by atoms with Crippen LogP contribution in [0.15, 0.2) is 54.7 Å². The average molecular weight is 1390 g/mol. The number of rotatable bonds is 33. The molecule has 0 aliphatic carbocycles. The molecule has 0 spiro atoms. The van der Waals surface area contributed by atoms with Crippen molar-refractivity contribution in [3.05, 3.63) is 69.4 Å². The quantitative estimate of drug-likeness (QED) is 0.0339. The highest BCUT2D eigenvalue weighted by molar-refractivity contribution is 14.1. The van der Waals surface area contributed by atoms with Crippen LogP contribution in [0.25, 0.3) is 10.9 Å². The summed E-state index contributed by atoms with van der Waals surface area (Å²) in [5, 5.41) is 49.9. The van der Waals surface area contributed by atoms with Crippen molar-refractivity contribution in [1.29, 1.82) is 5.26 Å². The van der Waals surface area contributed by atoms with Crippen LogP contribution in [0.2, 0.25) is 0 Å². The molecule has 91 heavy (non-hydrogen) atoms. The van der Waals surface area contributed by atoms with Crippen LogP contribution < -0.4 is 26.0 Å². The van der Waals surface area contributed by atoms with E-state index >= 15 is 0 Å². The number of fused-ring (bicyclic) bond motifs is 1. The lowest BCUT2D eigenvalue weighted by molar-refractivity contribution is -0.140. The maximum atomic E-state index is 13.9. The van der Waals surface area contributed by atoms with Gasteiger partial charge < -0.3 is 51.1 Å². The van der Waals surface area contributed by atoms with Crippen molar-refractivity contribution in [2.75, 3.05) is 144 Å². The number of aromatic nitrogens is 1. The second-order valence-corrected chi connectivity index (χ2v) is 24.5. The Hall–Kier alpha value is -7.24. The molecule has 3 aliphatic rings. The van der Waals surface area contributed by atoms with Crippen LogP contribution in [-0.2, 0) is 44.8 Å². The van der Waals surface area contributed by atoms with E-state index in [-0.39, 0.29) is 108 Å². The molecule has 26 nitrogen and oxygen atoms in total. The molecule has 6 amide bonds. The number of carbonyl (C=O) groups is 9. The Bertz CT molecular complexity index is 2940. The maximum absolute atomic E-state index is 13.9. The zero-order valence-electron chi connectivity index (χ0n) is 51.5. The number of hydrogen-bond donors (Lipinski definition) is 7. The van der Waals surface area contributed by atoms with Crippen LogP contribution >= 0.6 is 22.6 Å². The van der Waals surface area contributed by atoms with Crippen molar-refractivity contribution >= 4 is 86.8 Å². The molecule has 3 aromatic rings. The van der Waals surface area contributed by atoms with Crippen molar-refractivity contribution in [3.8, 4) is 11.8 Å². The standard InChI is InChI=1S/C62H86F2IN13O13/c63-62(64)37-47(38-66)78(44-62)56(82)39-70-60(89)49-18-21-67-51-17-16-48(36-50(49)51)91-35-7-22-72-31-33-77(34-32-72)55(81)11-2-1-4-20-69-61(90)52(9-3-5-19-68-53(79)10-6-8-45-12-14-46(65)15-13-45)71-54(80)40-73-23-25-74(41-57(83)84)27-29-76(43-59(87)88)30-28-75(26-24-73)42-58(85)86/h12-18,21,36,47,52H,1-11,19-20,22-35,37,39-44H2,(H,68,79)(H,69,90)(H,70,89)(H,71,80)(H,83,84)(H,85,86)(H,87,88)/t47-,52?/m1/s1. The Labute approximate surface area is 542 Å². The third-order valence-corrected chi connectivity index (χ3v) is 16.8. The number of aryl methyl sites for hydroxylation is 1. The van der Waals surface area contributed by atoms with Crippen molar-refractivity contribution in [3.63, 3.8) is 0 Å². The minimum Gasteiger partial charge on any atom is -0.494 e. The predicted octanol–water partition coefficient (Wildman–Crippen LogP) is 2.19. The number of piperazine rings is 1. The van der Waals surface area contributed by atoms with Gasteiger partial charge in [-0.1, -0.05) is 18.6 Å². The number of carboxylic acids is 3. The second kappa shape index (κ2) is 37.9. The summed E-state index contributed by atoms with van der Waals surface area (Å²) in [6.45, 7) is 3.48. The van der Waals surface area contributed by atoms with E-state index in [0.29, 0.717) is 120 Å². The second-order valence-electron chi connectivity index (χ2n) is 23.2. The number of benzene rings is 2.